The number of aromatic nitrogens is 2. The lowest BCUT2D eigenvalue weighted by Gasteiger charge is -2.13. The van der Waals surface area contributed by atoms with Crippen molar-refractivity contribution in [2.24, 2.45) is 5.73 Å². The van der Waals surface area contributed by atoms with Crippen LogP contribution in [0.4, 0.5) is 0 Å². The van der Waals surface area contributed by atoms with Crippen molar-refractivity contribution in [1.82, 2.24) is 10.1 Å². The highest BCUT2D eigenvalue weighted by Crippen LogP contribution is 2.33. The lowest BCUT2D eigenvalue weighted by Crippen LogP contribution is -2.25. The summed E-state index contributed by atoms with van der Waals surface area (Å²) in [6.45, 7) is 5.87. The number of primary amides is 1. The van der Waals surface area contributed by atoms with Gasteiger partial charge in [-0.1, -0.05) is 36.3 Å². The van der Waals surface area contributed by atoms with Crippen molar-refractivity contribution < 1.29 is 9.32 Å². The molecule has 0 fully saturated rings. The van der Waals surface area contributed by atoms with Crippen LogP contribution in [-0.4, -0.2) is 21.3 Å². The summed E-state index contributed by atoms with van der Waals surface area (Å²) in [5.74, 6) is 0.772. The lowest BCUT2D eigenvalue weighted by molar-refractivity contribution is -0.117. The first-order chi connectivity index (χ1) is 10.0. The quantitative estimate of drug-likeness (QED) is 0.886. The van der Waals surface area contributed by atoms with E-state index in [9.17, 15) is 4.79 Å². The molecular weight excluding hydrogens is 286 g/mol. The molecule has 0 saturated carbocycles. The number of nitrogens with zero attached hydrogens (tertiary/aromatic N) is 2. The van der Waals surface area contributed by atoms with Crippen LogP contribution < -0.4 is 5.73 Å². The second kappa shape index (κ2) is 6.76. The molecule has 0 spiro atoms. The molecule has 0 radical (unpaired) electrons. The Morgan fingerprint density at radius 1 is 1.43 bits per heavy atom. The molecule has 0 bridgehead atoms. The van der Waals surface area contributed by atoms with Gasteiger partial charge in [-0.05, 0) is 25.8 Å². The van der Waals surface area contributed by atoms with Gasteiger partial charge in [-0.15, -0.1) is 11.8 Å². The van der Waals surface area contributed by atoms with Gasteiger partial charge in [0.2, 0.25) is 17.6 Å². The summed E-state index contributed by atoms with van der Waals surface area (Å²) in [6, 6.07) is 7.87. The number of aryl methyl sites for hydroxylation is 1. The van der Waals surface area contributed by atoms with E-state index in [1.807, 2.05) is 45.0 Å². The molecule has 6 heteroatoms. The zero-order chi connectivity index (χ0) is 15.4. The number of carbonyl (C=O) groups is 1. The van der Waals surface area contributed by atoms with Crippen molar-refractivity contribution in [3.05, 3.63) is 35.7 Å². The van der Waals surface area contributed by atoms with Crippen LogP contribution in [0.2, 0.25) is 0 Å². The van der Waals surface area contributed by atoms with Crippen molar-refractivity contribution in [3.63, 3.8) is 0 Å². The van der Waals surface area contributed by atoms with Crippen LogP contribution in [0.5, 0.6) is 0 Å². The highest BCUT2D eigenvalue weighted by Gasteiger charge is 2.22. The third-order valence-electron chi connectivity index (χ3n) is 3.23. The molecule has 5 nitrogen and oxygen atoms in total. The number of nitrogens with two attached hydrogens (primary N) is 1. The smallest absolute Gasteiger partial charge is 0.239 e. The van der Waals surface area contributed by atoms with E-state index in [1.165, 1.54) is 11.8 Å². The summed E-state index contributed by atoms with van der Waals surface area (Å²) in [5, 5.41) is 3.71. The van der Waals surface area contributed by atoms with Crippen molar-refractivity contribution in [1.29, 1.82) is 0 Å². The van der Waals surface area contributed by atoms with E-state index in [0.29, 0.717) is 18.1 Å². The number of thioether (sulfide) groups is 1. The fraction of sp³-hybridized carbons (Fsp3) is 0.400. The lowest BCUT2D eigenvalue weighted by atomic mass is 10.1. The van der Waals surface area contributed by atoms with Gasteiger partial charge in [-0.2, -0.15) is 4.98 Å². The molecule has 112 valence electrons. The number of amides is 1. The highest BCUT2D eigenvalue weighted by atomic mass is 32.2. The van der Waals surface area contributed by atoms with E-state index >= 15 is 0 Å². The van der Waals surface area contributed by atoms with Gasteiger partial charge < -0.3 is 10.3 Å². The van der Waals surface area contributed by atoms with Crippen LogP contribution in [0, 0.1) is 6.92 Å². The van der Waals surface area contributed by atoms with Gasteiger partial charge in [0.25, 0.3) is 0 Å². The number of benzene rings is 1. The first-order valence-corrected chi connectivity index (χ1v) is 7.81. The normalized spacial score (nSPS) is 13.9. The van der Waals surface area contributed by atoms with Crippen molar-refractivity contribution in [2.45, 2.75) is 37.7 Å². The maximum atomic E-state index is 11.3. The zero-order valence-corrected chi connectivity index (χ0v) is 13.2. The molecule has 1 amide bonds. The fourth-order valence-electron chi connectivity index (χ4n) is 2.00. The number of hydrogen-bond acceptors (Lipinski definition) is 5. The summed E-state index contributed by atoms with van der Waals surface area (Å²) in [7, 11) is 0. The predicted octanol–water partition coefficient (Wildman–Crippen LogP) is 3.10. The van der Waals surface area contributed by atoms with E-state index in [1.54, 1.807) is 0 Å². The molecule has 0 unspecified atom stereocenters. The monoisotopic (exact) mass is 305 g/mol. The molecule has 0 aliphatic carbocycles. The Morgan fingerprint density at radius 2 is 2.14 bits per heavy atom. The Kier molecular flexibility index (Phi) is 5.01. The minimum absolute atomic E-state index is 0.0762. The van der Waals surface area contributed by atoms with E-state index in [0.717, 1.165) is 11.1 Å². The highest BCUT2D eigenvalue weighted by molar-refractivity contribution is 8.00. The molecule has 0 aliphatic rings. The molecule has 0 aliphatic heterocycles. The van der Waals surface area contributed by atoms with Gasteiger partial charge in [-0.3, -0.25) is 4.79 Å². The van der Waals surface area contributed by atoms with Gasteiger partial charge in [0.1, 0.15) is 0 Å². The first kappa shape index (κ1) is 15.6. The Labute approximate surface area is 128 Å². The van der Waals surface area contributed by atoms with Crippen LogP contribution in [0.1, 0.15) is 37.0 Å². The standard InChI is InChI=1S/C15H19N3O2S/c1-4-12(13(16)19)21-10(3)15-17-14(18-20-15)11-8-6-5-7-9(11)2/h5-8,10,12H,4H2,1-3H3,(H2,16,19)/t10-,12-/m1/s1. The number of hydrogen-bond donors (Lipinski definition) is 1. The zero-order valence-electron chi connectivity index (χ0n) is 12.4. The molecule has 2 aromatic rings. The summed E-state index contributed by atoms with van der Waals surface area (Å²) in [5.41, 5.74) is 7.41. The largest absolute Gasteiger partial charge is 0.369 e. The van der Waals surface area contributed by atoms with Crippen LogP contribution in [-0.2, 0) is 4.79 Å². The summed E-state index contributed by atoms with van der Waals surface area (Å²) in [6.07, 6.45) is 0.684. The van der Waals surface area contributed by atoms with Crippen LogP contribution >= 0.6 is 11.8 Å². The second-order valence-corrected chi connectivity index (χ2v) is 6.40. The van der Waals surface area contributed by atoms with Gasteiger partial charge >= 0.3 is 0 Å². The van der Waals surface area contributed by atoms with Crippen LogP contribution in [0.25, 0.3) is 11.4 Å². The Bertz CT molecular complexity index is 627. The Balaban J connectivity index is 2.16. The summed E-state index contributed by atoms with van der Waals surface area (Å²) < 4.78 is 5.33. The molecule has 21 heavy (non-hydrogen) atoms. The predicted molar refractivity (Wildman–Crippen MR) is 83.8 cm³/mol. The van der Waals surface area contributed by atoms with Gasteiger partial charge in [0, 0.05) is 5.56 Å². The average molecular weight is 305 g/mol. The summed E-state index contributed by atoms with van der Waals surface area (Å²) >= 11 is 1.45. The van der Waals surface area contributed by atoms with Crippen molar-refractivity contribution in [2.75, 3.05) is 0 Å². The molecule has 1 aromatic carbocycles. The van der Waals surface area contributed by atoms with E-state index < -0.39 is 0 Å². The molecule has 2 rings (SSSR count). The molecular formula is C15H19N3O2S. The van der Waals surface area contributed by atoms with E-state index in [2.05, 4.69) is 10.1 Å². The first-order valence-electron chi connectivity index (χ1n) is 6.87. The van der Waals surface area contributed by atoms with Gasteiger partial charge in [-0.25, -0.2) is 0 Å². The third kappa shape index (κ3) is 3.64. The Morgan fingerprint density at radius 3 is 2.76 bits per heavy atom. The third-order valence-corrected chi connectivity index (χ3v) is 4.74. The van der Waals surface area contributed by atoms with E-state index in [4.69, 9.17) is 10.3 Å². The number of carbonyl (C=O) groups excluding carboxylic acids is 1. The average Bonchev–Trinajstić information content (AvgIpc) is 2.94. The second-order valence-electron chi connectivity index (χ2n) is 4.85. The molecule has 1 aromatic heterocycles. The van der Waals surface area contributed by atoms with Crippen molar-refractivity contribution >= 4 is 17.7 Å². The van der Waals surface area contributed by atoms with Crippen molar-refractivity contribution in [3.8, 4) is 11.4 Å². The van der Waals surface area contributed by atoms with E-state index in [-0.39, 0.29) is 16.4 Å². The molecule has 0 saturated heterocycles. The Hall–Kier alpha value is -1.82. The minimum Gasteiger partial charge on any atom is -0.369 e. The fourth-order valence-corrected chi connectivity index (χ4v) is 3.03. The maximum Gasteiger partial charge on any atom is 0.239 e. The SMILES string of the molecule is CC[C@@H](S[C@H](C)c1nc(-c2ccccc2C)no1)C(N)=O. The topological polar surface area (TPSA) is 82.0 Å². The van der Waals surface area contributed by atoms with Gasteiger partial charge in [0.05, 0.1) is 10.5 Å². The minimum atomic E-state index is -0.312. The van der Waals surface area contributed by atoms with Crippen LogP contribution in [0.3, 0.4) is 0 Å². The van der Waals surface area contributed by atoms with Gasteiger partial charge in [0.15, 0.2) is 0 Å². The summed E-state index contributed by atoms with van der Waals surface area (Å²) in [4.78, 5) is 15.7. The molecule has 1 heterocycles. The molecule has 2 atom stereocenters. The maximum absolute atomic E-state index is 11.3. The van der Waals surface area contributed by atoms with Crippen LogP contribution in [0.15, 0.2) is 28.8 Å². The molecule has 2 N–H and O–H groups in total. The number of rotatable bonds is 6.